The summed E-state index contributed by atoms with van der Waals surface area (Å²) in [6.45, 7) is 10.2. The molecule has 2 aromatic carbocycles. The predicted molar refractivity (Wildman–Crippen MR) is 121 cm³/mol. The molecule has 2 aromatic rings. The second-order valence-electron chi connectivity index (χ2n) is 10.3. The van der Waals surface area contributed by atoms with Crippen LogP contribution in [0.2, 0.25) is 0 Å². The van der Waals surface area contributed by atoms with Crippen LogP contribution in [0.3, 0.4) is 0 Å². The highest BCUT2D eigenvalue weighted by atomic mass is 16.6. The molecule has 0 aromatic heterocycles. The molecule has 4 nitrogen and oxygen atoms in total. The van der Waals surface area contributed by atoms with Crippen molar-refractivity contribution < 1.29 is 18.9 Å². The average molecular weight is 423 g/mol. The Morgan fingerprint density at radius 3 is 1.65 bits per heavy atom. The molecule has 0 radical (unpaired) electrons. The lowest BCUT2D eigenvalue weighted by molar-refractivity contribution is 0.102. The van der Waals surface area contributed by atoms with Crippen LogP contribution in [0.4, 0.5) is 0 Å². The minimum absolute atomic E-state index is 0.00623. The molecule has 0 bridgehead atoms. The van der Waals surface area contributed by atoms with E-state index in [9.17, 15) is 0 Å². The average Bonchev–Trinajstić information content (AvgIpc) is 3.69. The Labute approximate surface area is 185 Å². The van der Waals surface area contributed by atoms with E-state index in [1.807, 2.05) is 0 Å². The number of hydrogen-bond acceptors (Lipinski definition) is 4. The molecule has 166 valence electrons. The summed E-state index contributed by atoms with van der Waals surface area (Å²) in [6, 6.07) is 17.6. The van der Waals surface area contributed by atoms with Crippen molar-refractivity contribution in [3.63, 3.8) is 0 Å². The van der Waals surface area contributed by atoms with Gasteiger partial charge in [-0.1, -0.05) is 45.0 Å². The molecule has 31 heavy (non-hydrogen) atoms. The maximum absolute atomic E-state index is 5.88. The minimum Gasteiger partial charge on any atom is -0.491 e. The first-order valence-electron chi connectivity index (χ1n) is 11.6. The van der Waals surface area contributed by atoms with Gasteiger partial charge in [0.2, 0.25) is 0 Å². The quantitative estimate of drug-likeness (QED) is 0.536. The van der Waals surface area contributed by atoms with Crippen LogP contribution in [-0.2, 0) is 14.9 Å². The van der Waals surface area contributed by atoms with Crippen molar-refractivity contribution >= 4 is 0 Å². The van der Waals surface area contributed by atoms with Gasteiger partial charge in [0.05, 0.1) is 13.2 Å². The van der Waals surface area contributed by atoms with E-state index in [1.165, 1.54) is 17.5 Å². The number of ether oxygens (including phenoxy) is 4. The third-order valence-corrected chi connectivity index (χ3v) is 7.59. The van der Waals surface area contributed by atoms with Gasteiger partial charge < -0.3 is 18.9 Å². The summed E-state index contributed by atoms with van der Waals surface area (Å²) in [4.78, 5) is 0. The first-order chi connectivity index (χ1) is 14.9. The summed E-state index contributed by atoms with van der Waals surface area (Å²) in [5.74, 6) is 2.55. The number of rotatable bonds is 8. The predicted octanol–water partition coefficient (Wildman–Crippen LogP) is 5.37. The molecule has 3 aliphatic rings. The molecule has 3 fully saturated rings. The standard InChI is InChI=1S/C27H34O4/c1-19-12-13-27(18-26(19,2)3,20-4-8-22(9-5-20)28-14-24-16-30-24)21-6-10-23(11-7-21)29-15-25-17-31-25/h4-11,19,24-25H,12-18H2,1-3H3. The van der Waals surface area contributed by atoms with Gasteiger partial charge in [-0.25, -0.2) is 0 Å². The van der Waals surface area contributed by atoms with Crippen molar-refractivity contribution in [3.8, 4) is 11.5 Å². The van der Waals surface area contributed by atoms with Crippen molar-refractivity contribution in [2.45, 2.75) is 57.7 Å². The van der Waals surface area contributed by atoms with E-state index in [1.54, 1.807) is 0 Å². The van der Waals surface area contributed by atoms with Gasteiger partial charge in [0.15, 0.2) is 0 Å². The van der Waals surface area contributed by atoms with Gasteiger partial charge in [-0.2, -0.15) is 0 Å². The summed E-state index contributed by atoms with van der Waals surface area (Å²) in [6.07, 6.45) is 4.07. The zero-order valence-electron chi connectivity index (χ0n) is 18.9. The number of benzene rings is 2. The molecule has 3 unspecified atom stereocenters. The molecule has 4 heteroatoms. The number of hydrogen-bond donors (Lipinski definition) is 0. The van der Waals surface area contributed by atoms with Crippen LogP contribution in [0.1, 0.15) is 51.2 Å². The fourth-order valence-corrected chi connectivity index (χ4v) is 5.00. The molecule has 1 saturated carbocycles. The third-order valence-electron chi connectivity index (χ3n) is 7.59. The van der Waals surface area contributed by atoms with Crippen LogP contribution >= 0.6 is 0 Å². The van der Waals surface area contributed by atoms with Crippen molar-refractivity contribution in [2.75, 3.05) is 26.4 Å². The highest BCUT2D eigenvalue weighted by Gasteiger charge is 2.45. The van der Waals surface area contributed by atoms with Gasteiger partial charge in [0, 0.05) is 5.41 Å². The van der Waals surface area contributed by atoms with Crippen molar-refractivity contribution in [1.29, 1.82) is 0 Å². The molecule has 0 N–H and O–H groups in total. The Kier molecular flexibility index (Phi) is 5.47. The van der Waals surface area contributed by atoms with Crippen LogP contribution in [0.5, 0.6) is 11.5 Å². The molecule has 0 amide bonds. The van der Waals surface area contributed by atoms with Gasteiger partial charge in [-0.15, -0.1) is 0 Å². The Balaban J connectivity index is 1.41. The molecule has 1 aliphatic carbocycles. The molecule has 2 saturated heterocycles. The summed E-state index contributed by atoms with van der Waals surface area (Å²) < 4.78 is 22.3. The van der Waals surface area contributed by atoms with E-state index in [0.717, 1.165) is 37.6 Å². The highest BCUT2D eigenvalue weighted by molar-refractivity contribution is 5.44. The lowest BCUT2D eigenvalue weighted by atomic mass is 9.55. The topological polar surface area (TPSA) is 43.5 Å². The number of epoxide rings is 2. The van der Waals surface area contributed by atoms with E-state index < -0.39 is 0 Å². The van der Waals surface area contributed by atoms with Crippen LogP contribution in [-0.4, -0.2) is 38.6 Å². The van der Waals surface area contributed by atoms with Gasteiger partial charge in [0.1, 0.15) is 36.9 Å². The smallest absolute Gasteiger partial charge is 0.119 e. The molecule has 5 rings (SSSR count). The second-order valence-corrected chi connectivity index (χ2v) is 10.3. The van der Waals surface area contributed by atoms with E-state index in [-0.39, 0.29) is 23.0 Å². The van der Waals surface area contributed by atoms with Crippen molar-refractivity contribution in [1.82, 2.24) is 0 Å². The summed E-state index contributed by atoms with van der Waals surface area (Å²) in [5, 5.41) is 0. The minimum atomic E-state index is 0.00623. The monoisotopic (exact) mass is 422 g/mol. The summed E-state index contributed by atoms with van der Waals surface area (Å²) >= 11 is 0. The molecule has 2 aliphatic heterocycles. The van der Waals surface area contributed by atoms with Crippen LogP contribution in [0.25, 0.3) is 0 Å². The Hall–Kier alpha value is -2.04. The van der Waals surface area contributed by atoms with E-state index in [0.29, 0.717) is 19.1 Å². The first-order valence-corrected chi connectivity index (χ1v) is 11.6. The summed E-state index contributed by atoms with van der Waals surface area (Å²) in [5.41, 5.74) is 3.03. The zero-order valence-corrected chi connectivity index (χ0v) is 18.9. The molecule has 3 atom stereocenters. The van der Waals surface area contributed by atoms with E-state index in [4.69, 9.17) is 18.9 Å². The first kappa shape index (κ1) is 20.8. The Morgan fingerprint density at radius 2 is 1.26 bits per heavy atom. The van der Waals surface area contributed by atoms with Gasteiger partial charge in [-0.3, -0.25) is 0 Å². The van der Waals surface area contributed by atoms with Crippen LogP contribution < -0.4 is 9.47 Å². The summed E-state index contributed by atoms with van der Waals surface area (Å²) in [7, 11) is 0. The van der Waals surface area contributed by atoms with E-state index in [2.05, 4.69) is 69.3 Å². The lowest BCUT2D eigenvalue weighted by Crippen LogP contribution is -2.41. The van der Waals surface area contributed by atoms with Gasteiger partial charge in [0.25, 0.3) is 0 Å². The highest BCUT2D eigenvalue weighted by Crippen LogP contribution is 2.54. The normalized spacial score (nSPS) is 31.1. The Morgan fingerprint density at radius 1 is 0.806 bits per heavy atom. The van der Waals surface area contributed by atoms with Crippen LogP contribution in [0.15, 0.2) is 48.5 Å². The zero-order chi connectivity index (χ0) is 21.5. The van der Waals surface area contributed by atoms with Crippen molar-refractivity contribution in [2.24, 2.45) is 11.3 Å². The maximum atomic E-state index is 5.88. The fourth-order valence-electron chi connectivity index (χ4n) is 5.00. The molecule has 0 spiro atoms. The van der Waals surface area contributed by atoms with Crippen LogP contribution in [0, 0.1) is 11.3 Å². The molecular weight excluding hydrogens is 388 g/mol. The van der Waals surface area contributed by atoms with Crippen molar-refractivity contribution in [3.05, 3.63) is 59.7 Å². The van der Waals surface area contributed by atoms with Gasteiger partial charge in [-0.05, 0) is 66.0 Å². The van der Waals surface area contributed by atoms with E-state index >= 15 is 0 Å². The molecular formula is C27H34O4. The third kappa shape index (κ3) is 4.61. The largest absolute Gasteiger partial charge is 0.491 e. The maximum Gasteiger partial charge on any atom is 0.119 e. The SMILES string of the molecule is CC1CCC(c2ccc(OCC3CO3)cc2)(c2ccc(OCC3CO3)cc2)CC1(C)C. The van der Waals surface area contributed by atoms with Gasteiger partial charge >= 0.3 is 0 Å². The fraction of sp³-hybridized carbons (Fsp3) is 0.556. The lowest BCUT2D eigenvalue weighted by Gasteiger charge is -2.49. The molecule has 2 heterocycles. The Bertz CT molecular complexity index is 819. The second kappa shape index (κ2) is 8.14.